The molecule has 6 nitrogen and oxygen atoms in total. The van der Waals surface area contributed by atoms with Gasteiger partial charge in [-0.25, -0.2) is 0 Å². The van der Waals surface area contributed by atoms with Gasteiger partial charge in [0, 0.05) is 39.2 Å². The van der Waals surface area contributed by atoms with Crippen molar-refractivity contribution in [1.29, 1.82) is 0 Å². The van der Waals surface area contributed by atoms with Crippen LogP contribution < -0.4 is 0 Å². The fourth-order valence-corrected chi connectivity index (χ4v) is 4.03. The van der Waals surface area contributed by atoms with Crippen LogP contribution in [0.15, 0.2) is 78.0 Å². The topological polar surface area (TPSA) is 73.8 Å². The summed E-state index contributed by atoms with van der Waals surface area (Å²) >= 11 is 13.5. The van der Waals surface area contributed by atoms with E-state index in [1.807, 2.05) is 34.9 Å². The number of aromatic nitrogens is 3. The molecule has 30 heavy (non-hydrogen) atoms. The maximum Gasteiger partial charge on any atom is 0.269 e. The third-order valence-electron chi connectivity index (χ3n) is 4.31. The van der Waals surface area contributed by atoms with Gasteiger partial charge in [-0.1, -0.05) is 47.1 Å². The van der Waals surface area contributed by atoms with Crippen molar-refractivity contribution < 1.29 is 4.92 Å². The number of nitrogens with zero attached hydrogens (tertiary/aromatic N) is 4. The number of hydrogen-bond acceptors (Lipinski definition) is 5. The summed E-state index contributed by atoms with van der Waals surface area (Å²) in [5.74, 6) is 1.17. The number of halogens is 2. The lowest BCUT2D eigenvalue weighted by Gasteiger charge is -2.11. The Morgan fingerprint density at radius 3 is 2.27 bits per heavy atom. The predicted molar refractivity (Wildman–Crippen MR) is 119 cm³/mol. The van der Waals surface area contributed by atoms with E-state index in [2.05, 4.69) is 10.2 Å². The summed E-state index contributed by atoms with van der Waals surface area (Å²) in [5.41, 5.74) is 2.61. The molecule has 0 unspecified atom stereocenters. The first-order valence-electron chi connectivity index (χ1n) is 8.85. The lowest BCUT2D eigenvalue weighted by atomic mass is 10.2. The molecular weight excluding hydrogens is 443 g/mol. The molecule has 0 saturated heterocycles. The van der Waals surface area contributed by atoms with Crippen LogP contribution in [-0.4, -0.2) is 19.7 Å². The minimum Gasteiger partial charge on any atom is -0.270 e. The smallest absolute Gasteiger partial charge is 0.269 e. The molecule has 4 aromatic rings. The largest absolute Gasteiger partial charge is 0.270 e. The Bertz CT molecular complexity index is 1190. The molecule has 0 atom stereocenters. The SMILES string of the molecule is O=[N+]([O-])c1cccc(CSc2nnc(-c3ccc(Cl)cc3)n2-c2ccc(Cl)cc2)c1. The molecule has 9 heteroatoms. The van der Waals surface area contributed by atoms with Crippen molar-refractivity contribution in [3.05, 3.63) is 98.5 Å². The van der Waals surface area contributed by atoms with Crippen LogP contribution in [0.3, 0.4) is 0 Å². The highest BCUT2D eigenvalue weighted by Crippen LogP contribution is 2.31. The van der Waals surface area contributed by atoms with Crippen LogP contribution in [0.1, 0.15) is 5.56 Å². The first-order valence-corrected chi connectivity index (χ1v) is 10.6. The minimum absolute atomic E-state index is 0.0640. The fraction of sp³-hybridized carbons (Fsp3) is 0.0476. The monoisotopic (exact) mass is 456 g/mol. The summed E-state index contributed by atoms with van der Waals surface area (Å²) in [6, 6.07) is 21.3. The zero-order valence-electron chi connectivity index (χ0n) is 15.4. The van der Waals surface area contributed by atoms with E-state index in [1.54, 1.807) is 36.4 Å². The number of nitro groups is 1. The molecule has 0 amide bonds. The van der Waals surface area contributed by atoms with Gasteiger partial charge in [-0.15, -0.1) is 10.2 Å². The van der Waals surface area contributed by atoms with Gasteiger partial charge in [0.05, 0.1) is 4.92 Å². The third-order valence-corrected chi connectivity index (χ3v) is 5.81. The van der Waals surface area contributed by atoms with Crippen LogP contribution >= 0.6 is 35.0 Å². The van der Waals surface area contributed by atoms with E-state index in [0.717, 1.165) is 16.8 Å². The number of benzene rings is 3. The van der Waals surface area contributed by atoms with Crippen molar-refractivity contribution >= 4 is 40.7 Å². The van der Waals surface area contributed by atoms with E-state index in [1.165, 1.54) is 17.8 Å². The third kappa shape index (κ3) is 4.48. The van der Waals surface area contributed by atoms with Gasteiger partial charge in [0.15, 0.2) is 11.0 Å². The maximum atomic E-state index is 11.0. The summed E-state index contributed by atoms with van der Waals surface area (Å²) in [5, 5.41) is 21.7. The van der Waals surface area contributed by atoms with Crippen molar-refractivity contribution in [2.45, 2.75) is 10.9 Å². The van der Waals surface area contributed by atoms with Gasteiger partial charge < -0.3 is 0 Å². The molecule has 0 bridgehead atoms. The average molecular weight is 457 g/mol. The predicted octanol–water partition coefficient (Wildman–Crippen LogP) is 6.44. The molecule has 150 valence electrons. The van der Waals surface area contributed by atoms with Crippen LogP contribution in [-0.2, 0) is 5.75 Å². The van der Waals surface area contributed by atoms with Crippen LogP contribution in [0.2, 0.25) is 10.0 Å². The normalized spacial score (nSPS) is 10.9. The molecule has 0 aliphatic rings. The molecule has 0 spiro atoms. The maximum absolute atomic E-state index is 11.0. The second kappa shape index (κ2) is 8.87. The first-order chi connectivity index (χ1) is 14.5. The number of non-ortho nitro benzene ring substituents is 1. The molecule has 0 fully saturated rings. The number of nitro benzene ring substituents is 1. The molecule has 0 aliphatic heterocycles. The Morgan fingerprint density at radius 2 is 1.60 bits per heavy atom. The molecule has 1 aromatic heterocycles. The van der Waals surface area contributed by atoms with Crippen LogP contribution in [0.25, 0.3) is 17.1 Å². The quantitative estimate of drug-likeness (QED) is 0.189. The van der Waals surface area contributed by atoms with Gasteiger partial charge >= 0.3 is 0 Å². The van der Waals surface area contributed by atoms with Gasteiger partial charge in [-0.2, -0.15) is 0 Å². The molecular formula is C21H14Cl2N4O2S. The van der Waals surface area contributed by atoms with Crippen LogP contribution in [0.4, 0.5) is 5.69 Å². The van der Waals surface area contributed by atoms with E-state index in [4.69, 9.17) is 23.2 Å². The van der Waals surface area contributed by atoms with Gasteiger partial charge in [0.25, 0.3) is 5.69 Å². The Balaban J connectivity index is 1.70. The molecule has 3 aromatic carbocycles. The standard InChI is InChI=1S/C21H14Cl2N4O2S/c22-16-6-4-15(5-7-16)20-24-25-21(26(20)18-10-8-17(23)9-11-18)30-13-14-2-1-3-19(12-14)27(28)29/h1-12H,13H2. The van der Waals surface area contributed by atoms with E-state index in [-0.39, 0.29) is 5.69 Å². The molecule has 4 rings (SSSR count). The molecule has 0 aliphatic carbocycles. The van der Waals surface area contributed by atoms with E-state index in [0.29, 0.717) is 26.8 Å². The lowest BCUT2D eigenvalue weighted by Crippen LogP contribution is -1.99. The Kier molecular flexibility index (Phi) is 6.03. The zero-order chi connectivity index (χ0) is 21.1. The molecule has 0 saturated carbocycles. The second-order valence-corrected chi connectivity index (χ2v) is 8.16. The number of rotatable bonds is 6. The molecule has 0 radical (unpaired) electrons. The van der Waals surface area contributed by atoms with E-state index < -0.39 is 4.92 Å². The summed E-state index contributed by atoms with van der Waals surface area (Å²) in [6.07, 6.45) is 0. The average Bonchev–Trinajstić information content (AvgIpc) is 3.17. The highest BCUT2D eigenvalue weighted by atomic mass is 35.5. The van der Waals surface area contributed by atoms with Gasteiger partial charge in [-0.3, -0.25) is 14.7 Å². The highest BCUT2D eigenvalue weighted by Gasteiger charge is 2.17. The lowest BCUT2D eigenvalue weighted by molar-refractivity contribution is -0.384. The summed E-state index contributed by atoms with van der Waals surface area (Å²) in [4.78, 5) is 10.6. The summed E-state index contributed by atoms with van der Waals surface area (Å²) < 4.78 is 1.93. The second-order valence-electron chi connectivity index (χ2n) is 6.34. The fourth-order valence-electron chi connectivity index (χ4n) is 2.88. The van der Waals surface area contributed by atoms with E-state index >= 15 is 0 Å². The van der Waals surface area contributed by atoms with Crippen molar-refractivity contribution in [1.82, 2.24) is 14.8 Å². The Morgan fingerprint density at radius 1 is 0.933 bits per heavy atom. The molecule has 0 N–H and O–H groups in total. The summed E-state index contributed by atoms with van der Waals surface area (Å²) in [7, 11) is 0. The number of thioether (sulfide) groups is 1. The van der Waals surface area contributed by atoms with Gasteiger partial charge in [-0.05, 0) is 54.1 Å². The van der Waals surface area contributed by atoms with Crippen molar-refractivity contribution in [3.8, 4) is 17.1 Å². The van der Waals surface area contributed by atoms with Crippen molar-refractivity contribution in [3.63, 3.8) is 0 Å². The molecule has 1 heterocycles. The van der Waals surface area contributed by atoms with Crippen molar-refractivity contribution in [2.24, 2.45) is 0 Å². The first kappa shape index (κ1) is 20.4. The van der Waals surface area contributed by atoms with E-state index in [9.17, 15) is 10.1 Å². The zero-order valence-corrected chi connectivity index (χ0v) is 17.7. The van der Waals surface area contributed by atoms with Crippen molar-refractivity contribution in [2.75, 3.05) is 0 Å². The Labute approximate surface area is 186 Å². The highest BCUT2D eigenvalue weighted by molar-refractivity contribution is 7.98. The van der Waals surface area contributed by atoms with Gasteiger partial charge in [0.1, 0.15) is 0 Å². The van der Waals surface area contributed by atoms with Crippen LogP contribution in [0.5, 0.6) is 0 Å². The van der Waals surface area contributed by atoms with Crippen LogP contribution in [0, 0.1) is 10.1 Å². The number of hydrogen-bond donors (Lipinski definition) is 0. The van der Waals surface area contributed by atoms with Gasteiger partial charge in [0.2, 0.25) is 0 Å². The Hall–Kier alpha value is -2.87. The minimum atomic E-state index is -0.400. The summed E-state index contributed by atoms with van der Waals surface area (Å²) in [6.45, 7) is 0.